The van der Waals surface area contributed by atoms with Crippen molar-refractivity contribution in [3.8, 4) is 0 Å². The first kappa shape index (κ1) is 10.2. The highest BCUT2D eigenvalue weighted by molar-refractivity contribution is 5.81. The van der Waals surface area contributed by atoms with Gasteiger partial charge in [0.25, 0.3) is 0 Å². The van der Waals surface area contributed by atoms with Crippen LogP contribution in [0.1, 0.15) is 25.7 Å². The van der Waals surface area contributed by atoms with Gasteiger partial charge in [-0.1, -0.05) is 12.2 Å². The van der Waals surface area contributed by atoms with E-state index >= 15 is 0 Å². The van der Waals surface area contributed by atoms with Gasteiger partial charge < -0.3 is 9.47 Å². The van der Waals surface area contributed by atoms with Gasteiger partial charge in [0.2, 0.25) is 6.10 Å². The van der Waals surface area contributed by atoms with E-state index in [1.54, 1.807) is 0 Å². The molecule has 0 bridgehead atoms. The number of cyclic esters (lactones) is 1. The fourth-order valence-electron chi connectivity index (χ4n) is 1.83. The number of rotatable bonds is 2. The summed E-state index contributed by atoms with van der Waals surface area (Å²) >= 11 is 0. The van der Waals surface area contributed by atoms with E-state index in [2.05, 4.69) is 6.08 Å². The molecule has 2 unspecified atom stereocenters. The summed E-state index contributed by atoms with van der Waals surface area (Å²) in [5, 5.41) is 0. The van der Waals surface area contributed by atoms with E-state index in [-0.39, 0.29) is 11.9 Å². The summed E-state index contributed by atoms with van der Waals surface area (Å²) in [4.78, 5) is 22.7. The zero-order valence-electron chi connectivity index (χ0n) is 8.48. The second-order valence-electron chi connectivity index (χ2n) is 3.86. The summed E-state index contributed by atoms with van der Waals surface area (Å²) < 4.78 is 9.84. The van der Waals surface area contributed by atoms with Crippen LogP contribution in [0.5, 0.6) is 0 Å². The van der Waals surface area contributed by atoms with Crippen LogP contribution in [-0.4, -0.2) is 24.6 Å². The fourth-order valence-corrected chi connectivity index (χ4v) is 1.83. The molecule has 1 heterocycles. The van der Waals surface area contributed by atoms with Gasteiger partial charge in [0.05, 0.1) is 12.5 Å². The Morgan fingerprint density at radius 1 is 1.40 bits per heavy atom. The van der Waals surface area contributed by atoms with Crippen molar-refractivity contribution >= 4 is 11.9 Å². The number of carbonyl (C=O) groups excluding carboxylic acids is 2. The van der Waals surface area contributed by atoms with Crippen LogP contribution < -0.4 is 0 Å². The third-order valence-electron chi connectivity index (χ3n) is 2.75. The first-order valence-electron chi connectivity index (χ1n) is 5.29. The van der Waals surface area contributed by atoms with E-state index in [4.69, 9.17) is 9.47 Å². The van der Waals surface area contributed by atoms with E-state index < -0.39 is 12.1 Å². The molecule has 2 rings (SSSR count). The topological polar surface area (TPSA) is 52.6 Å². The summed E-state index contributed by atoms with van der Waals surface area (Å²) in [6.45, 7) is 0.362. The Bertz CT molecular complexity index is 295. The van der Waals surface area contributed by atoms with Crippen LogP contribution in [-0.2, 0) is 19.1 Å². The zero-order valence-corrected chi connectivity index (χ0v) is 8.48. The Balaban J connectivity index is 1.86. The lowest BCUT2D eigenvalue weighted by Gasteiger charge is -2.17. The molecule has 0 N–H and O–H groups in total. The minimum Gasteiger partial charge on any atom is -0.463 e. The molecule has 0 aromatic rings. The van der Waals surface area contributed by atoms with E-state index in [0.717, 1.165) is 19.3 Å². The molecular formula is C11H14O4. The van der Waals surface area contributed by atoms with Crippen LogP contribution in [0.2, 0.25) is 0 Å². The molecule has 15 heavy (non-hydrogen) atoms. The van der Waals surface area contributed by atoms with Gasteiger partial charge in [-0.25, -0.2) is 4.79 Å². The number of ether oxygens (including phenoxy) is 2. The van der Waals surface area contributed by atoms with E-state index in [1.807, 2.05) is 6.08 Å². The number of carbonyl (C=O) groups is 2. The highest BCUT2D eigenvalue weighted by atomic mass is 16.6. The summed E-state index contributed by atoms with van der Waals surface area (Å²) in [5.41, 5.74) is 0. The van der Waals surface area contributed by atoms with Gasteiger partial charge in [0.1, 0.15) is 0 Å². The molecule has 1 saturated heterocycles. The van der Waals surface area contributed by atoms with Gasteiger partial charge in [-0.15, -0.1) is 0 Å². The Hall–Kier alpha value is -1.32. The standard InChI is InChI=1S/C11H14O4/c12-10(8-4-2-1-3-5-8)15-9-6-7-14-11(9)13/h1-2,8-9H,3-7H2. The lowest BCUT2D eigenvalue weighted by atomic mass is 9.95. The molecule has 4 nitrogen and oxygen atoms in total. The molecule has 2 aliphatic rings. The van der Waals surface area contributed by atoms with Crippen molar-refractivity contribution in [3.63, 3.8) is 0 Å². The maximum absolute atomic E-state index is 11.6. The van der Waals surface area contributed by atoms with Crippen molar-refractivity contribution in [3.05, 3.63) is 12.2 Å². The minimum atomic E-state index is -0.664. The van der Waals surface area contributed by atoms with Crippen LogP contribution in [0.25, 0.3) is 0 Å². The van der Waals surface area contributed by atoms with Crippen LogP contribution in [0.15, 0.2) is 12.2 Å². The van der Waals surface area contributed by atoms with Gasteiger partial charge >= 0.3 is 11.9 Å². The van der Waals surface area contributed by atoms with E-state index in [9.17, 15) is 9.59 Å². The molecule has 1 aliphatic carbocycles. The molecule has 1 aliphatic heterocycles. The Morgan fingerprint density at radius 2 is 2.27 bits per heavy atom. The zero-order chi connectivity index (χ0) is 10.7. The lowest BCUT2D eigenvalue weighted by molar-refractivity contribution is -0.163. The van der Waals surface area contributed by atoms with E-state index in [1.165, 1.54) is 0 Å². The molecule has 1 fully saturated rings. The van der Waals surface area contributed by atoms with Crippen LogP contribution in [0.3, 0.4) is 0 Å². The van der Waals surface area contributed by atoms with E-state index in [0.29, 0.717) is 13.0 Å². The van der Waals surface area contributed by atoms with Gasteiger partial charge in [-0.2, -0.15) is 0 Å². The average Bonchev–Trinajstić information content (AvgIpc) is 2.66. The Labute approximate surface area is 88.2 Å². The summed E-state index contributed by atoms with van der Waals surface area (Å²) in [6.07, 6.45) is 6.33. The quantitative estimate of drug-likeness (QED) is 0.507. The first-order chi connectivity index (χ1) is 7.27. The SMILES string of the molecule is O=C(OC1CCOC1=O)C1CC=CCC1. The average molecular weight is 210 g/mol. The van der Waals surface area contributed by atoms with Gasteiger partial charge in [-0.3, -0.25) is 4.79 Å². The molecule has 0 amide bonds. The third-order valence-corrected chi connectivity index (χ3v) is 2.75. The molecule has 0 saturated carbocycles. The second-order valence-corrected chi connectivity index (χ2v) is 3.86. The number of hydrogen-bond donors (Lipinski definition) is 0. The third kappa shape index (κ3) is 2.37. The van der Waals surface area contributed by atoms with Gasteiger partial charge in [-0.05, 0) is 19.3 Å². The lowest BCUT2D eigenvalue weighted by Crippen LogP contribution is -2.27. The molecule has 0 aromatic carbocycles. The molecule has 82 valence electrons. The van der Waals surface area contributed by atoms with Gasteiger partial charge in [0.15, 0.2) is 0 Å². The van der Waals surface area contributed by atoms with Crippen molar-refractivity contribution in [1.82, 2.24) is 0 Å². The van der Waals surface area contributed by atoms with Crippen molar-refractivity contribution in [2.45, 2.75) is 31.8 Å². The highest BCUT2D eigenvalue weighted by Crippen LogP contribution is 2.21. The van der Waals surface area contributed by atoms with Crippen LogP contribution in [0, 0.1) is 5.92 Å². The fraction of sp³-hybridized carbons (Fsp3) is 0.636. The maximum Gasteiger partial charge on any atom is 0.347 e. The van der Waals surface area contributed by atoms with Crippen LogP contribution >= 0.6 is 0 Å². The van der Waals surface area contributed by atoms with Crippen molar-refractivity contribution < 1.29 is 19.1 Å². The summed E-state index contributed by atoms with van der Waals surface area (Å²) in [6, 6.07) is 0. The Kier molecular flexibility index (Phi) is 3.04. The summed E-state index contributed by atoms with van der Waals surface area (Å²) in [7, 11) is 0. The van der Waals surface area contributed by atoms with Crippen molar-refractivity contribution in [2.24, 2.45) is 5.92 Å². The molecule has 0 spiro atoms. The molecule has 0 radical (unpaired) electrons. The summed E-state index contributed by atoms with van der Waals surface area (Å²) in [5.74, 6) is -0.749. The normalized spacial score (nSPS) is 30.0. The largest absolute Gasteiger partial charge is 0.463 e. The highest BCUT2D eigenvalue weighted by Gasteiger charge is 2.32. The second kappa shape index (κ2) is 4.47. The number of hydrogen-bond acceptors (Lipinski definition) is 4. The number of esters is 2. The predicted molar refractivity (Wildman–Crippen MR) is 51.9 cm³/mol. The monoisotopic (exact) mass is 210 g/mol. The molecular weight excluding hydrogens is 196 g/mol. The van der Waals surface area contributed by atoms with Gasteiger partial charge in [0, 0.05) is 6.42 Å². The molecule has 4 heteroatoms. The molecule has 2 atom stereocenters. The molecule has 0 aromatic heterocycles. The predicted octanol–water partition coefficient (Wildman–Crippen LogP) is 1.20. The maximum atomic E-state index is 11.6. The van der Waals surface area contributed by atoms with Crippen molar-refractivity contribution in [2.75, 3.05) is 6.61 Å². The Morgan fingerprint density at radius 3 is 2.87 bits per heavy atom. The van der Waals surface area contributed by atoms with Crippen molar-refractivity contribution in [1.29, 1.82) is 0 Å². The first-order valence-corrected chi connectivity index (χ1v) is 5.29. The minimum absolute atomic E-state index is 0.0802. The smallest absolute Gasteiger partial charge is 0.347 e. The number of allylic oxidation sites excluding steroid dienone is 2. The van der Waals surface area contributed by atoms with Crippen LogP contribution in [0.4, 0.5) is 0 Å².